The Bertz CT molecular complexity index is 539. The first-order valence-corrected chi connectivity index (χ1v) is 6.52. The van der Waals surface area contributed by atoms with Gasteiger partial charge in [0, 0.05) is 6.92 Å². The molecule has 6 heteroatoms. The minimum atomic E-state index is -0.923. The summed E-state index contributed by atoms with van der Waals surface area (Å²) in [4.78, 5) is 34.9. The van der Waals surface area contributed by atoms with E-state index in [2.05, 4.69) is 10.1 Å². The molecule has 0 bridgehead atoms. The van der Waals surface area contributed by atoms with E-state index < -0.39 is 23.9 Å². The van der Waals surface area contributed by atoms with E-state index in [0.717, 1.165) is 0 Å². The van der Waals surface area contributed by atoms with Crippen molar-refractivity contribution in [2.75, 3.05) is 12.4 Å². The molecule has 0 unspecified atom stereocenters. The fraction of sp³-hybridized carbons (Fsp3) is 0.400. The van der Waals surface area contributed by atoms with Crippen molar-refractivity contribution in [3.63, 3.8) is 0 Å². The largest absolute Gasteiger partial charge is 0.465 e. The molecule has 0 aliphatic heterocycles. The highest BCUT2D eigenvalue weighted by Gasteiger charge is 2.26. The Morgan fingerprint density at radius 3 is 2.29 bits per heavy atom. The summed E-state index contributed by atoms with van der Waals surface area (Å²) in [6.45, 7) is 4.77. The predicted octanol–water partition coefficient (Wildman–Crippen LogP) is 2.00. The Morgan fingerprint density at radius 1 is 1.14 bits per heavy atom. The Morgan fingerprint density at radius 2 is 1.76 bits per heavy atom. The molecule has 0 aliphatic carbocycles. The quantitative estimate of drug-likeness (QED) is 0.840. The fourth-order valence-electron chi connectivity index (χ4n) is 1.76. The van der Waals surface area contributed by atoms with Crippen LogP contribution < -0.4 is 5.32 Å². The molecule has 1 aromatic carbocycles. The molecule has 0 saturated carbocycles. The van der Waals surface area contributed by atoms with Crippen molar-refractivity contribution < 1.29 is 23.9 Å². The van der Waals surface area contributed by atoms with Gasteiger partial charge in [-0.25, -0.2) is 4.79 Å². The molecule has 0 aromatic heterocycles. The molecular formula is C15H19NO5. The van der Waals surface area contributed by atoms with Crippen molar-refractivity contribution >= 4 is 23.5 Å². The zero-order chi connectivity index (χ0) is 16.0. The second-order valence-electron chi connectivity index (χ2n) is 4.80. The highest BCUT2D eigenvalue weighted by atomic mass is 16.5. The number of nitrogens with one attached hydrogen (secondary N) is 1. The van der Waals surface area contributed by atoms with Crippen molar-refractivity contribution in [2.24, 2.45) is 5.92 Å². The van der Waals surface area contributed by atoms with Crippen LogP contribution in [0, 0.1) is 5.92 Å². The van der Waals surface area contributed by atoms with Gasteiger partial charge in [0.1, 0.15) is 0 Å². The minimum Gasteiger partial charge on any atom is -0.465 e. The lowest BCUT2D eigenvalue weighted by molar-refractivity contribution is -0.154. The third-order valence-corrected chi connectivity index (χ3v) is 2.75. The number of amides is 1. The Balaban J connectivity index is 2.96. The Hall–Kier alpha value is -2.37. The first-order chi connectivity index (χ1) is 9.86. The zero-order valence-corrected chi connectivity index (χ0v) is 12.5. The number of hydrogen-bond acceptors (Lipinski definition) is 5. The fourth-order valence-corrected chi connectivity index (χ4v) is 1.76. The summed E-state index contributed by atoms with van der Waals surface area (Å²) in [6, 6.07) is 6.46. The highest BCUT2D eigenvalue weighted by molar-refractivity contribution is 6.02. The van der Waals surface area contributed by atoms with Crippen LogP contribution >= 0.6 is 0 Å². The number of anilines is 1. The monoisotopic (exact) mass is 293 g/mol. The normalized spacial score (nSPS) is 11.7. The van der Waals surface area contributed by atoms with E-state index in [9.17, 15) is 14.4 Å². The Kier molecular flexibility index (Phi) is 5.90. The van der Waals surface area contributed by atoms with Gasteiger partial charge in [-0.05, 0) is 18.1 Å². The summed E-state index contributed by atoms with van der Waals surface area (Å²) in [5.74, 6) is -1.78. The second-order valence-corrected chi connectivity index (χ2v) is 4.80. The molecule has 0 radical (unpaired) electrons. The number of carbonyl (C=O) groups is 3. The van der Waals surface area contributed by atoms with E-state index in [1.165, 1.54) is 20.1 Å². The molecule has 0 aliphatic rings. The van der Waals surface area contributed by atoms with Crippen LogP contribution in [0.25, 0.3) is 0 Å². The summed E-state index contributed by atoms with van der Waals surface area (Å²) in [6.07, 6.45) is -0.923. The Labute approximate surface area is 123 Å². The number of rotatable bonds is 5. The molecule has 0 heterocycles. The summed E-state index contributed by atoms with van der Waals surface area (Å²) < 4.78 is 9.66. The molecule has 1 rings (SSSR count). The van der Waals surface area contributed by atoms with E-state index in [1.54, 1.807) is 32.0 Å². The van der Waals surface area contributed by atoms with Crippen molar-refractivity contribution in [1.82, 2.24) is 0 Å². The van der Waals surface area contributed by atoms with E-state index in [1.807, 2.05) is 0 Å². The smallest absolute Gasteiger partial charge is 0.339 e. The lowest BCUT2D eigenvalue weighted by atomic mass is 10.1. The maximum absolute atomic E-state index is 12.2. The van der Waals surface area contributed by atoms with Gasteiger partial charge < -0.3 is 14.8 Å². The summed E-state index contributed by atoms with van der Waals surface area (Å²) in [5, 5.41) is 2.60. The standard InChI is InChI=1S/C15H19NO5/c1-9(2)13(21-10(3)17)14(18)16-12-8-6-5-7-11(12)15(19)20-4/h5-9,13H,1-4H3,(H,16,18)/t13-/m0/s1. The molecule has 1 amide bonds. The van der Waals surface area contributed by atoms with Gasteiger partial charge in [-0.1, -0.05) is 26.0 Å². The minimum absolute atomic E-state index is 0.195. The average molecular weight is 293 g/mol. The van der Waals surface area contributed by atoms with E-state index in [-0.39, 0.29) is 11.5 Å². The van der Waals surface area contributed by atoms with E-state index >= 15 is 0 Å². The van der Waals surface area contributed by atoms with Crippen LogP contribution in [-0.4, -0.2) is 31.1 Å². The molecule has 1 N–H and O–H groups in total. The number of hydrogen-bond donors (Lipinski definition) is 1. The number of benzene rings is 1. The van der Waals surface area contributed by atoms with Crippen LogP contribution in [0.1, 0.15) is 31.1 Å². The second kappa shape index (κ2) is 7.42. The van der Waals surface area contributed by atoms with Crippen LogP contribution in [0.3, 0.4) is 0 Å². The van der Waals surface area contributed by atoms with Gasteiger partial charge in [-0.2, -0.15) is 0 Å². The highest BCUT2D eigenvalue weighted by Crippen LogP contribution is 2.18. The lowest BCUT2D eigenvalue weighted by Crippen LogP contribution is -2.36. The zero-order valence-electron chi connectivity index (χ0n) is 12.5. The van der Waals surface area contributed by atoms with Gasteiger partial charge in [0.2, 0.25) is 0 Å². The summed E-state index contributed by atoms with van der Waals surface area (Å²) in [5.41, 5.74) is 0.547. The number of methoxy groups -OCH3 is 1. The van der Waals surface area contributed by atoms with Crippen LogP contribution in [-0.2, 0) is 19.1 Å². The third-order valence-electron chi connectivity index (χ3n) is 2.75. The number of carbonyl (C=O) groups excluding carboxylic acids is 3. The van der Waals surface area contributed by atoms with Crippen molar-refractivity contribution in [3.8, 4) is 0 Å². The van der Waals surface area contributed by atoms with Gasteiger partial charge in [-0.15, -0.1) is 0 Å². The molecule has 6 nitrogen and oxygen atoms in total. The van der Waals surface area contributed by atoms with Crippen LogP contribution in [0.4, 0.5) is 5.69 Å². The van der Waals surface area contributed by atoms with E-state index in [4.69, 9.17) is 4.74 Å². The first-order valence-electron chi connectivity index (χ1n) is 6.52. The van der Waals surface area contributed by atoms with Crippen LogP contribution in [0.15, 0.2) is 24.3 Å². The molecule has 1 aromatic rings. The SMILES string of the molecule is COC(=O)c1ccccc1NC(=O)[C@@H](OC(C)=O)C(C)C. The predicted molar refractivity (Wildman–Crippen MR) is 76.8 cm³/mol. The van der Waals surface area contributed by atoms with Gasteiger partial charge in [0.25, 0.3) is 5.91 Å². The molecule has 0 fully saturated rings. The number of esters is 2. The van der Waals surface area contributed by atoms with Crippen LogP contribution in [0.5, 0.6) is 0 Å². The number of para-hydroxylation sites is 1. The molecule has 0 spiro atoms. The van der Waals surface area contributed by atoms with Crippen LogP contribution in [0.2, 0.25) is 0 Å². The molecule has 0 saturated heterocycles. The van der Waals surface area contributed by atoms with Gasteiger partial charge in [0.15, 0.2) is 6.10 Å². The maximum atomic E-state index is 12.2. The molecule has 1 atom stereocenters. The average Bonchev–Trinajstić information content (AvgIpc) is 2.43. The van der Waals surface area contributed by atoms with Gasteiger partial charge in [0.05, 0.1) is 18.4 Å². The molecule has 114 valence electrons. The topological polar surface area (TPSA) is 81.7 Å². The van der Waals surface area contributed by atoms with Crippen molar-refractivity contribution in [3.05, 3.63) is 29.8 Å². The van der Waals surface area contributed by atoms with Gasteiger partial charge >= 0.3 is 11.9 Å². The number of ether oxygens (including phenoxy) is 2. The van der Waals surface area contributed by atoms with Crippen molar-refractivity contribution in [2.45, 2.75) is 26.9 Å². The van der Waals surface area contributed by atoms with Crippen molar-refractivity contribution in [1.29, 1.82) is 0 Å². The summed E-state index contributed by atoms with van der Waals surface area (Å²) in [7, 11) is 1.26. The molecule has 21 heavy (non-hydrogen) atoms. The van der Waals surface area contributed by atoms with Gasteiger partial charge in [-0.3, -0.25) is 9.59 Å². The lowest BCUT2D eigenvalue weighted by Gasteiger charge is -2.20. The first kappa shape index (κ1) is 16.7. The maximum Gasteiger partial charge on any atom is 0.339 e. The summed E-state index contributed by atoms with van der Waals surface area (Å²) >= 11 is 0. The van der Waals surface area contributed by atoms with E-state index in [0.29, 0.717) is 5.69 Å². The third kappa shape index (κ3) is 4.59. The molecular weight excluding hydrogens is 274 g/mol.